The summed E-state index contributed by atoms with van der Waals surface area (Å²) in [6.07, 6.45) is 0.680. The molecule has 0 spiro atoms. The monoisotopic (exact) mass is 324 g/mol. The van der Waals surface area contributed by atoms with Crippen molar-refractivity contribution < 1.29 is 9.32 Å². The lowest BCUT2D eigenvalue weighted by atomic mass is 10.2. The van der Waals surface area contributed by atoms with Crippen molar-refractivity contribution in [3.05, 3.63) is 47.6 Å². The molecule has 2 atom stereocenters. The maximum atomic E-state index is 12.0. The Balaban J connectivity index is 0.00000242. The van der Waals surface area contributed by atoms with Crippen molar-refractivity contribution >= 4 is 18.3 Å². The second-order valence-corrected chi connectivity index (χ2v) is 5.00. The summed E-state index contributed by atoms with van der Waals surface area (Å²) in [4.78, 5) is 16.4. The molecule has 7 heteroatoms. The standard InChI is InChI=1S/C15H20N4O2.ClH/c1-10(16-3)9-13-18-15(21-19-13)11(2)17-14(20)12-7-5-4-6-8-12;/h4-8,10-11,16H,9H2,1-3H3,(H,17,20);1H. The Bertz CT molecular complexity index is 588. The van der Waals surface area contributed by atoms with E-state index in [0.29, 0.717) is 23.7 Å². The van der Waals surface area contributed by atoms with Gasteiger partial charge in [0.2, 0.25) is 5.89 Å². The van der Waals surface area contributed by atoms with Crippen LogP contribution in [0.4, 0.5) is 0 Å². The molecular weight excluding hydrogens is 304 g/mol. The molecule has 1 aromatic carbocycles. The van der Waals surface area contributed by atoms with Crippen LogP contribution in [-0.2, 0) is 6.42 Å². The summed E-state index contributed by atoms with van der Waals surface area (Å²) < 4.78 is 5.20. The molecule has 0 saturated heterocycles. The first-order valence-electron chi connectivity index (χ1n) is 6.95. The second-order valence-electron chi connectivity index (χ2n) is 5.00. The molecule has 2 N–H and O–H groups in total. The number of carbonyl (C=O) groups excluding carboxylic acids is 1. The zero-order valence-corrected chi connectivity index (χ0v) is 13.7. The van der Waals surface area contributed by atoms with E-state index >= 15 is 0 Å². The number of benzene rings is 1. The highest BCUT2D eigenvalue weighted by molar-refractivity contribution is 5.94. The molecule has 0 radical (unpaired) electrons. The first kappa shape index (κ1) is 18.1. The Morgan fingerprint density at radius 2 is 1.95 bits per heavy atom. The topological polar surface area (TPSA) is 80.0 Å². The number of hydrogen-bond acceptors (Lipinski definition) is 5. The van der Waals surface area contributed by atoms with E-state index in [-0.39, 0.29) is 30.4 Å². The summed E-state index contributed by atoms with van der Waals surface area (Å²) in [6, 6.07) is 8.97. The van der Waals surface area contributed by atoms with Gasteiger partial charge in [0.05, 0.1) is 0 Å². The van der Waals surface area contributed by atoms with Crippen LogP contribution in [0.25, 0.3) is 0 Å². The SMILES string of the molecule is CNC(C)Cc1noc(C(C)NC(=O)c2ccccc2)n1.Cl. The third-order valence-electron chi connectivity index (χ3n) is 3.22. The number of rotatable bonds is 6. The molecule has 0 aliphatic carbocycles. The quantitative estimate of drug-likeness (QED) is 0.851. The zero-order chi connectivity index (χ0) is 15.2. The predicted molar refractivity (Wildman–Crippen MR) is 86.1 cm³/mol. The molecule has 1 amide bonds. The van der Waals surface area contributed by atoms with Gasteiger partial charge < -0.3 is 15.2 Å². The molecule has 0 saturated carbocycles. The van der Waals surface area contributed by atoms with Crippen molar-refractivity contribution in [2.24, 2.45) is 0 Å². The lowest BCUT2D eigenvalue weighted by molar-refractivity contribution is 0.0932. The Kier molecular flexibility index (Phi) is 7.01. The number of hydrogen-bond donors (Lipinski definition) is 2. The minimum atomic E-state index is -0.330. The summed E-state index contributed by atoms with van der Waals surface area (Å²) >= 11 is 0. The van der Waals surface area contributed by atoms with Crippen LogP contribution in [0.15, 0.2) is 34.9 Å². The van der Waals surface area contributed by atoms with Gasteiger partial charge in [0.1, 0.15) is 6.04 Å². The van der Waals surface area contributed by atoms with Crippen LogP contribution < -0.4 is 10.6 Å². The number of likely N-dealkylation sites (N-methyl/N-ethyl adjacent to an activating group) is 1. The van der Waals surface area contributed by atoms with Crippen LogP contribution >= 0.6 is 12.4 Å². The van der Waals surface area contributed by atoms with E-state index in [0.717, 1.165) is 0 Å². The third-order valence-corrected chi connectivity index (χ3v) is 3.22. The van der Waals surface area contributed by atoms with E-state index in [1.165, 1.54) is 0 Å². The molecule has 0 bridgehead atoms. The normalized spacial score (nSPS) is 13.0. The van der Waals surface area contributed by atoms with Gasteiger partial charge in [0.15, 0.2) is 5.82 Å². The Labute approximate surface area is 136 Å². The average Bonchev–Trinajstić information content (AvgIpc) is 2.96. The van der Waals surface area contributed by atoms with Gasteiger partial charge in [-0.25, -0.2) is 0 Å². The maximum absolute atomic E-state index is 12.0. The molecule has 2 unspecified atom stereocenters. The van der Waals surface area contributed by atoms with Crippen molar-refractivity contribution in [3.8, 4) is 0 Å². The summed E-state index contributed by atoms with van der Waals surface area (Å²) in [6.45, 7) is 3.86. The molecular formula is C15H21ClN4O2. The number of aromatic nitrogens is 2. The number of nitrogens with zero attached hydrogens (tertiary/aromatic N) is 2. The number of nitrogens with one attached hydrogen (secondary N) is 2. The minimum absolute atomic E-state index is 0. The van der Waals surface area contributed by atoms with Crippen LogP contribution in [0.5, 0.6) is 0 Å². The van der Waals surface area contributed by atoms with Crippen molar-refractivity contribution in [1.82, 2.24) is 20.8 Å². The van der Waals surface area contributed by atoms with Gasteiger partial charge in [-0.2, -0.15) is 4.98 Å². The summed E-state index contributed by atoms with van der Waals surface area (Å²) in [5, 5.41) is 9.88. The van der Waals surface area contributed by atoms with Crippen LogP contribution in [0, 0.1) is 0 Å². The largest absolute Gasteiger partial charge is 0.341 e. The lowest BCUT2D eigenvalue weighted by Crippen LogP contribution is -2.27. The fraction of sp³-hybridized carbons (Fsp3) is 0.400. The van der Waals surface area contributed by atoms with Gasteiger partial charge in [0.25, 0.3) is 5.91 Å². The number of amides is 1. The fourth-order valence-electron chi connectivity index (χ4n) is 1.83. The second kappa shape index (κ2) is 8.51. The van der Waals surface area contributed by atoms with Gasteiger partial charge in [-0.15, -0.1) is 12.4 Å². The highest BCUT2D eigenvalue weighted by Gasteiger charge is 2.18. The highest BCUT2D eigenvalue weighted by atomic mass is 35.5. The fourth-order valence-corrected chi connectivity index (χ4v) is 1.83. The Morgan fingerprint density at radius 1 is 1.27 bits per heavy atom. The first-order valence-corrected chi connectivity index (χ1v) is 6.95. The van der Waals surface area contributed by atoms with Gasteiger partial charge >= 0.3 is 0 Å². The molecule has 0 aliphatic heterocycles. The van der Waals surface area contributed by atoms with Crippen LogP contribution in [0.3, 0.4) is 0 Å². The Hall–Kier alpha value is -1.92. The molecule has 120 valence electrons. The van der Waals surface area contributed by atoms with E-state index in [4.69, 9.17) is 4.52 Å². The number of halogens is 1. The molecule has 1 heterocycles. The van der Waals surface area contributed by atoms with E-state index in [2.05, 4.69) is 20.8 Å². The summed E-state index contributed by atoms with van der Waals surface area (Å²) in [7, 11) is 1.88. The van der Waals surface area contributed by atoms with Crippen LogP contribution in [0.2, 0.25) is 0 Å². The highest BCUT2D eigenvalue weighted by Crippen LogP contribution is 2.11. The Morgan fingerprint density at radius 3 is 2.59 bits per heavy atom. The van der Waals surface area contributed by atoms with Gasteiger partial charge in [-0.1, -0.05) is 23.4 Å². The van der Waals surface area contributed by atoms with Crippen molar-refractivity contribution in [3.63, 3.8) is 0 Å². The zero-order valence-electron chi connectivity index (χ0n) is 12.9. The van der Waals surface area contributed by atoms with E-state index in [1.54, 1.807) is 12.1 Å². The lowest BCUT2D eigenvalue weighted by Gasteiger charge is -2.09. The molecule has 22 heavy (non-hydrogen) atoms. The molecule has 2 rings (SSSR count). The molecule has 1 aromatic heterocycles. The average molecular weight is 325 g/mol. The minimum Gasteiger partial charge on any atom is -0.341 e. The van der Waals surface area contributed by atoms with Gasteiger partial charge in [-0.3, -0.25) is 4.79 Å². The van der Waals surface area contributed by atoms with Gasteiger partial charge in [-0.05, 0) is 33.0 Å². The first-order chi connectivity index (χ1) is 10.1. The molecule has 0 fully saturated rings. The van der Waals surface area contributed by atoms with E-state index < -0.39 is 0 Å². The van der Waals surface area contributed by atoms with Crippen LogP contribution in [0.1, 0.15) is 42.0 Å². The van der Waals surface area contributed by atoms with E-state index in [9.17, 15) is 4.79 Å². The summed E-state index contributed by atoms with van der Waals surface area (Å²) in [5.41, 5.74) is 0.605. The maximum Gasteiger partial charge on any atom is 0.251 e. The molecule has 6 nitrogen and oxygen atoms in total. The smallest absolute Gasteiger partial charge is 0.251 e. The van der Waals surface area contributed by atoms with Crippen molar-refractivity contribution in [2.45, 2.75) is 32.4 Å². The van der Waals surface area contributed by atoms with Gasteiger partial charge in [0, 0.05) is 18.0 Å². The number of carbonyl (C=O) groups is 1. The summed E-state index contributed by atoms with van der Waals surface area (Å²) in [5.74, 6) is 0.886. The predicted octanol–water partition coefficient (Wildman–Crippen LogP) is 2.13. The van der Waals surface area contributed by atoms with Crippen LogP contribution in [-0.4, -0.2) is 29.1 Å². The van der Waals surface area contributed by atoms with E-state index in [1.807, 2.05) is 39.1 Å². The third kappa shape index (κ3) is 4.82. The van der Waals surface area contributed by atoms with Crippen molar-refractivity contribution in [2.75, 3.05) is 7.05 Å². The molecule has 2 aromatic rings. The van der Waals surface area contributed by atoms with Crippen molar-refractivity contribution in [1.29, 1.82) is 0 Å². The molecule has 0 aliphatic rings.